The van der Waals surface area contributed by atoms with Crippen molar-refractivity contribution in [1.29, 1.82) is 5.26 Å². The molecule has 1 aliphatic rings. The number of anilines is 1. The second kappa shape index (κ2) is 5.50. The molecule has 2 aromatic carbocycles. The van der Waals surface area contributed by atoms with E-state index in [9.17, 15) is 9.65 Å². The molecule has 1 atom stereocenters. The Labute approximate surface area is 131 Å². The van der Waals surface area contributed by atoms with E-state index in [1.165, 1.54) is 23.3 Å². The van der Waals surface area contributed by atoms with Gasteiger partial charge in [0.1, 0.15) is 11.4 Å². The van der Waals surface area contributed by atoms with Gasteiger partial charge in [0.05, 0.1) is 6.07 Å². The zero-order chi connectivity index (χ0) is 14.9. The number of rotatable bonds is 2. The molecule has 0 saturated carbocycles. The zero-order valence-corrected chi connectivity index (χ0v) is 13.0. The van der Waals surface area contributed by atoms with E-state index in [0.717, 1.165) is 10.9 Å². The molecule has 1 aliphatic carbocycles. The Morgan fingerprint density at radius 1 is 1.19 bits per heavy atom. The minimum Gasteiger partial charge on any atom is -0.367 e. The van der Waals surface area contributed by atoms with Crippen LogP contribution in [-0.4, -0.2) is 5.54 Å². The van der Waals surface area contributed by atoms with Crippen LogP contribution in [0, 0.1) is 17.1 Å². The van der Waals surface area contributed by atoms with Crippen molar-refractivity contribution in [3.63, 3.8) is 0 Å². The van der Waals surface area contributed by atoms with Crippen LogP contribution in [0.3, 0.4) is 0 Å². The zero-order valence-electron chi connectivity index (χ0n) is 11.4. The Morgan fingerprint density at radius 3 is 2.81 bits per heavy atom. The van der Waals surface area contributed by atoms with Gasteiger partial charge in [-0.05, 0) is 54.3 Å². The minimum atomic E-state index is -0.672. The Kier molecular flexibility index (Phi) is 3.69. The summed E-state index contributed by atoms with van der Waals surface area (Å²) in [6.45, 7) is 0. The first-order valence-electron chi connectivity index (χ1n) is 6.83. The minimum absolute atomic E-state index is 0.298. The van der Waals surface area contributed by atoms with Crippen molar-refractivity contribution in [2.45, 2.75) is 24.8 Å². The van der Waals surface area contributed by atoms with Gasteiger partial charge in [-0.3, -0.25) is 0 Å². The summed E-state index contributed by atoms with van der Waals surface area (Å²) in [5.41, 5.74) is 2.43. The number of fused-ring (bicyclic) bond motifs is 1. The smallest absolute Gasteiger partial charge is 0.129 e. The van der Waals surface area contributed by atoms with Crippen molar-refractivity contribution in [3.8, 4) is 6.07 Å². The van der Waals surface area contributed by atoms with Crippen LogP contribution in [0.4, 0.5) is 10.1 Å². The SMILES string of the molecule is N#CC1(Nc2cccc(F)c2)CCc2cc(Br)ccc2C1. The number of hydrogen-bond donors (Lipinski definition) is 1. The standard InChI is InChI=1S/C17H14BrFN2/c18-14-5-4-13-10-17(11-20,7-6-12(13)8-14)21-16-3-1-2-15(19)9-16/h1-5,8-9,21H,6-7,10H2. The normalized spacial score (nSPS) is 20.4. The number of benzene rings is 2. The third kappa shape index (κ3) is 2.93. The molecular formula is C17H14BrFN2. The fourth-order valence-corrected chi connectivity index (χ4v) is 3.24. The lowest BCUT2D eigenvalue weighted by molar-refractivity contribution is 0.506. The number of nitrogens with one attached hydrogen (secondary N) is 1. The van der Waals surface area contributed by atoms with E-state index < -0.39 is 5.54 Å². The molecule has 0 radical (unpaired) electrons. The van der Waals surface area contributed by atoms with Gasteiger partial charge in [0.15, 0.2) is 0 Å². The lowest BCUT2D eigenvalue weighted by Crippen LogP contribution is -2.42. The van der Waals surface area contributed by atoms with Crippen molar-refractivity contribution in [3.05, 3.63) is 63.9 Å². The van der Waals surface area contributed by atoms with E-state index in [0.29, 0.717) is 18.5 Å². The van der Waals surface area contributed by atoms with Gasteiger partial charge in [-0.1, -0.05) is 28.1 Å². The molecule has 0 aliphatic heterocycles. The van der Waals surface area contributed by atoms with Gasteiger partial charge in [-0.15, -0.1) is 0 Å². The van der Waals surface area contributed by atoms with Gasteiger partial charge in [0.25, 0.3) is 0 Å². The summed E-state index contributed by atoms with van der Waals surface area (Å²) in [6.07, 6.45) is 2.18. The highest BCUT2D eigenvalue weighted by Gasteiger charge is 2.34. The van der Waals surface area contributed by atoms with Crippen molar-refractivity contribution in [2.75, 3.05) is 5.32 Å². The number of nitrogens with zero attached hydrogens (tertiary/aromatic N) is 1. The maximum atomic E-state index is 13.3. The molecule has 0 spiro atoms. The Balaban J connectivity index is 1.89. The molecule has 3 rings (SSSR count). The number of halogens is 2. The first-order chi connectivity index (χ1) is 10.1. The first-order valence-corrected chi connectivity index (χ1v) is 7.62. The van der Waals surface area contributed by atoms with Crippen LogP contribution in [0.5, 0.6) is 0 Å². The molecule has 0 amide bonds. The van der Waals surface area contributed by atoms with E-state index in [4.69, 9.17) is 0 Å². The molecular weight excluding hydrogens is 331 g/mol. The van der Waals surface area contributed by atoms with Crippen molar-refractivity contribution < 1.29 is 4.39 Å². The number of nitriles is 1. The van der Waals surface area contributed by atoms with Crippen LogP contribution in [0.25, 0.3) is 0 Å². The van der Waals surface area contributed by atoms with Crippen LogP contribution in [-0.2, 0) is 12.8 Å². The van der Waals surface area contributed by atoms with Gasteiger partial charge in [0, 0.05) is 16.6 Å². The monoisotopic (exact) mass is 344 g/mol. The average molecular weight is 345 g/mol. The van der Waals surface area contributed by atoms with Crippen LogP contribution < -0.4 is 5.32 Å². The molecule has 2 nitrogen and oxygen atoms in total. The largest absolute Gasteiger partial charge is 0.367 e. The van der Waals surface area contributed by atoms with Crippen LogP contribution >= 0.6 is 15.9 Å². The highest BCUT2D eigenvalue weighted by Crippen LogP contribution is 2.33. The van der Waals surface area contributed by atoms with Gasteiger partial charge < -0.3 is 5.32 Å². The summed E-state index contributed by atoms with van der Waals surface area (Å²) in [4.78, 5) is 0. The first kappa shape index (κ1) is 14.1. The molecule has 106 valence electrons. The molecule has 0 heterocycles. The van der Waals surface area contributed by atoms with Crippen LogP contribution in [0.1, 0.15) is 17.5 Å². The highest BCUT2D eigenvalue weighted by atomic mass is 79.9. The van der Waals surface area contributed by atoms with E-state index in [-0.39, 0.29) is 5.82 Å². The Morgan fingerprint density at radius 2 is 2.05 bits per heavy atom. The number of aryl methyl sites for hydroxylation is 1. The Bertz CT molecular complexity index is 723. The third-order valence-electron chi connectivity index (χ3n) is 3.90. The maximum absolute atomic E-state index is 13.3. The average Bonchev–Trinajstić information content (AvgIpc) is 2.47. The molecule has 21 heavy (non-hydrogen) atoms. The number of hydrogen-bond acceptors (Lipinski definition) is 2. The fraction of sp³-hybridized carbons (Fsp3) is 0.235. The summed E-state index contributed by atoms with van der Waals surface area (Å²) in [5.74, 6) is -0.298. The summed E-state index contributed by atoms with van der Waals surface area (Å²) in [6, 6.07) is 14.8. The van der Waals surface area contributed by atoms with Gasteiger partial charge >= 0.3 is 0 Å². The van der Waals surface area contributed by atoms with Crippen molar-refractivity contribution in [2.24, 2.45) is 0 Å². The maximum Gasteiger partial charge on any atom is 0.129 e. The van der Waals surface area contributed by atoms with Crippen LogP contribution in [0.15, 0.2) is 46.9 Å². The lowest BCUT2D eigenvalue weighted by Gasteiger charge is -2.34. The quantitative estimate of drug-likeness (QED) is 0.873. The summed E-state index contributed by atoms with van der Waals surface area (Å²) < 4.78 is 14.4. The van der Waals surface area contributed by atoms with Gasteiger partial charge in [-0.25, -0.2) is 4.39 Å². The lowest BCUT2D eigenvalue weighted by atomic mass is 9.78. The van der Waals surface area contributed by atoms with Gasteiger partial charge in [-0.2, -0.15) is 5.26 Å². The predicted molar refractivity (Wildman–Crippen MR) is 84.5 cm³/mol. The van der Waals surface area contributed by atoms with E-state index in [1.807, 2.05) is 6.07 Å². The van der Waals surface area contributed by atoms with Crippen molar-refractivity contribution >= 4 is 21.6 Å². The van der Waals surface area contributed by atoms with E-state index in [1.54, 1.807) is 12.1 Å². The van der Waals surface area contributed by atoms with E-state index in [2.05, 4.69) is 39.4 Å². The molecule has 0 aromatic heterocycles. The molecule has 1 N–H and O–H groups in total. The fourth-order valence-electron chi connectivity index (χ4n) is 2.83. The molecule has 1 unspecified atom stereocenters. The highest BCUT2D eigenvalue weighted by molar-refractivity contribution is 9.10. The Hall–Kier alpha value is -1.86. The third-order valence-corrected chi connectivity index (χ3v) is 4.40. The molecule has 0 bridgehead atoms. The predicted octanol–water partition coefficient (Wildman–Crippen LogP) is 4.45. The molecule has 0 saturated heterocycles. The van der Waals surface area contributed by atoms with Crippen molar-refractivity contribution in [1.82, 2.24) is 0 Å². The second-order valence-corrected chi connectivity index (χ2v) is 6.33. The second-order valence-electron chi connectivity index (χ2n) is 5.42. The molecule has 2 aromatic rings. The summed E-state index contributed by atoms with van der Waals surface area (Å²) in [5, 5.41) is 12.9. The van der Waals surface area contributed by atoms with Gasteiger partial charge in [0.2, 0.25) is 0 Å². The van der Waals surface area contributed by atoms with Crippen LogP contribution in [0.2, 0.25) is 0 Å². The summed E-state index contributed by atoms with van der Waals surface area (Å²) in [7, 11) is 0. The summed E-state index contributed by atoms with van der Waals surface area (Å²) >= 11 is 3.48. The molecule has 4 heteroatoms. The van der Waals surface area contributed by atoms with E-state index >= 15 is 0 Å². The topological polar surface area (TPSA) is 35.8 Å². The molecule has 0 fully saturated rings.